The number of fused-ring (bicyclic) bond motifs is 1. The maximum absolute atomic E-state index is 13.1. The van der Waals surface area contributed by atoms with E-state index in [9.17, 15) is 23.5 Å². The van der Waals surface area contributed by atoms with Crippen LogP contribution in [-0.2, 0) is 11.3 Å². The summed E-state index contributed by atoms with van der Waals surface area (Å²) in [5.41, 5.74) is 1.44. The molecule has 3 N–H and O–H groups in total. The maximum atomic E-state index is 13.1. The SMILES string of the molecule is O=C1CCC(N2Cc3cc(O[C@@H]4CCCC[C@H]4NCC4CC(F)(F)C4)ccc3C2=O)C(O)N1. The van der Waals surface area contributed by atoms with Gasteiger partial charge in [-0.2, -0.15) is 0 Å². The molecule has 0 aromatic heterocycles. The molecule has 5 rings (SSSR count). The number of aliphatic hydroxyl groups excluding tert-OH is 1. The summed E-state index contributed by atoms with van der Waals surface area (Å²) < 4.78 is 32.6. The number of nitrogens with one attached hydrogen (secondary N) is 2. The Morgan fingerprint density at radius 3 is 2.73 bits per heavy atom. The van der Waals surface area contributed by atoms with Gasteiger partial charge in [0, 0.05) is 37.4 Å². The van der Waals surface area contributed by atoms with E-state index in [2.05, 4.69) is 10.6 Å². The van der Waals surface area contributed by atoms with Gasteiger partial charge in [0.25, 0.3) is 5.91 Å². The van der Waals surface area contributed by atoms with Crippen molar-refractivity contribution in [2.45, 2.75) is 88.2 Å². The van der Waals surface area contributed by atoms with E-state index in [-0.39, 0.29) is 49.1 Å². The number of hydrogen-bond acceptors (Lipinski definition) is 5. The van der Waals surface area contributed by atoms with Gasteiger partial charge in [-0.1, -0.05) is 6.42 Å². The Balaban J connectivity index is 1.21. The Kier molecular flexibility index (Phi) is 6.03. The van der Waals surface area contributed by atoms with E-state index in [0.717, 1.165) is 31.2 Å². The number of piperidine rings is 1. The quantitative estimate of drug-likeness (QED) is 0.603. The fourth-order valence-corrected chi connectivity index (χ4v) is 5.65. The third kappa shape index (κ3) is 4.71. The molecule has 9 heteroatoms. The zero-order valence-corrected chi connectivity index (χ0v) is 18.6. The van der Waals surface area contributed by atoms with Gasteiger partial charge in [0.15, 0.2) is 0 Å². The summed E-state index contributed by atoms with van der Waals surface area (Å²) in [6, 6.07) is 5.14. The molecule has 33 heavy (non-hydrogen) atoms. The van der Waals surface area contributed by atoms with E-state index in [4.69, 9.17) is 4.74 Å². The second-order valence-electron chi connectivity index (χ2n) is 9.96. The smallest absolute Gasteiger partial charge is 0.254 e. The first-order chi connectivity index (χ1) is 15.8. The van der Waals surface area contributed by atoms with Gasteiger partial charge >= 0.3 is 0 Å². The van der Waals surface area contributed by atoms with Crippen molar-refractivity contribution in [3.63, 3.8) is 0 Å². The van der Waals surface area contributed by atoms with Crippen molar-refractivity contribution < 1.29 is 28.2 Å². The van der Waals surface area contributed by atoms with Crippen LogP contribution in [0.2, 0.25) is 0 Å². The standard InChI is InChI=1S/C24H31F2N3O4/c25-24(26)10-14(11-24)12-27-18-3-1-2-4-20(18)33-16-5-6-17-15(9-16)13-29(23(17)32)19-7-8-21(30)28-22(19)31/h5-6,9,14,18-20,22,27,31H,1-4,7-8,10-13H2,(H,28,30)/t18-,19?,20-,22?/m1/s1. The molecule has 2 heterocycles. The van der Waals surface area contributed by atoms with Crippen LogP contribution in [0.3, 0.4) is 0 Å². The van der Waals surface area contributed by atoms with Crippen molar-refractivity contribution in [3.8, 4) is 5.75 Å². The highest BCUT2D eigenvalue weighted by Crippen LogP contribution is 2.42. The van der Waals surface area contributed by atoms with E-state index < -0.39 is 18.2 Å². The van der Waals surface area contributed by atoms with Crippen LogP contribution in [0, 0.1) is 5.92 Å². The van der Waals surface area contributed by atoms with Crippen molar-refractivity contribution in [1.29, 1.82) is 0 Å². The van der Waals surface area contributed by atoms with E-state index >= 15 is 0 Å². The molecule has 0 bridgehead atoms. The number of rotatable bonds is 6. The maximum Gasteiger partial charge on any atom is 0.254 e. The van der Waals surface area contributed by atoms with Crippen LogP contribution in [0.5, 0.6) is 5.75 Å². The molecule has 3 fully saturated rings. The second kappa shape index (κ2) is 8.83. The molecule has 180 valence electrons. The summed E-state index contributed by atoms with van der Waals surface area (Å²) in [4.78, 5) is 26.0. The zero-order valence-electron chi connectivity index (χ0n) is 18.6. The molecule has 2 unspecified atom stereocenters. The van der Waals surface area contributed by atoms with Crippen molar-refractivity contribution in [3.05, 3.63) is 29.3 Å². The molecule has 1 aromatic rings. The number of halogens is 2. The normalized spacial score (nSPS) is 31.7. The van der Waals surface area contributed by atoms with Crippen molar-refractivity contribution in [2.24, 2.45) is 5.92 Å². The Morgan fingerprint density at radius 1 is 1.18 bits per heavy atom. The van der Waals surface area contributed by atoms with E-state index in [1.807, 2.05) is 6.07 Å². The van der Waals surface area contributed by atoms with Gasteiger partial charge in [-0.15, -0.1) is 0 Å². The number of hydrogen-bond donors (Lipinski definition) is 3. The van der Waals surface area contributed by atoms with Crippen LogP contribution in [-0.4, -0.2) is 58.7 Å². The molecule has 4 atom stereocenters. The predicted octanol–water partition coefficient (Wildman–Crippen LogP) is 2.56. The fraction of sp³-hybridized carbons (Fsp3) is 0.667. The molecule has 4 aliphatic rings. The number of ether oxygens (including phenoxy) is 1. The van der Waals surface area contributed by atoms with Gasteiger partial charge in [0.1, 0.15) is 18.1 Å². The van der Waals surface area contributed by atoms with E-state index in [1.165, 1.54) is 0 Å². The number of alkyl halides is 2. The van der Waals surface area contributed by atoms with Crippen molar-refractivity contribution in [1.82, 2.24) is 15.5 Å². The highest BCUT2D eigenvalue weighted by Gasteiger charge is 2.45. The van der Waals surface area contributed by atoms with Gasteiger partial charge in [-0.25, -0.2) is 8.78 Å². The van der Waals surface area contributed by atoms with E-state index in [1.54, 1.807) is 17.0 Å². The average Bonchev–Trinajstić information content (AvgIpc) is 3.07. The topological polar surface area (TPSA) is 90.9 Å². The average molecular weight is 464 g/mol. The minimum Gasteiger partial charge on any atom is -0.489 e. The molecule has 7 nitrogen and oxygen atoms in total. The first kappa shape index (κ1) is 22.5. The number of aliphatic hydroxyl groups is 1. The Labute approximate surface area is 191 Å². The first-order valence-electron chi connectivity index (χ1n) is 12.0. The molecule has 2 aliphatic heterocycles. The van der Waals surface area contributed by atoms with Crippen LogP contribution in [0.15, 0.2) is 18.2 Å². The number of carbonyl (C=O) groups excluding carboxylic acids is 2. The molecule has 0 radical (unpaired) electrons. The Hall–Kier alpha value is -2.26. The van der Waals surface area contributed by atoms with Gasteiger partial charge in [-0.3, -0.25) is 9.59 Å². The van der Waals surface area contributed by atoms with Crippen molar-refractivity contribution in [2.75, 3.05) is 6.54 Å². The molecule has 1 saturated heterocycles. The lowest BCUT2D eigenvalue weighted by atomic mass is 9.81. The molecule has 2 aliphatic carbocycles. The molecular formula is C24H31F2N3O4. The number of amides is 2. The van der Waals surface area contributed by atoms with Gasteiger partial charge < -0.3 is 25.4 Å². The molecule has 2 amide bonds. The lowest BCUT2D eigenvalue weighted by Gasteiger charge is -2.38. The number of benzene rings is 1. The summed E-state index contributed by atoms with van der Waals surface area (Å²) >= 11 is 0. The summed E-state index contributed by atoms with van der Waals surface area (Å²) in [6.07, 6.45) is 3.54. The van der Waals surface area contributed by atoms with Crippen molar-refractivity contribution >= 4 is 11.8 Å². The largest absolute Gasteiger partial charge is 0.489 e. The lowest BCUT2D eigenvalue weighted by Crippen LogP contribution is -2.55. The lowest BCUT2D eigenvalue weighted by molar-refractivity contribution is -0.129. The third-order valence-corrected chi connectivity index (χ3v) is 7.48. The highest BCUT2D eigenvalue weighted by molar-refractivity contribution is 5.99. The molecule has 0 spiro atoms. The van der Waals surface area contributed by atoms with Crippen LogP contribution in [0.1, 0.15) is 67.3 Å². The van der Waals surface area contributed by atoms with Gasteiger partial charge in [0.2, 0.25) is 11.8 Å². The van der Waals surface area contributed by atoms with Crippen LogP contribution >= 0.6 is 0 Å². The summed E-state index contributed by atoms with van der Waals surface area (Å²) in [5.74, 6) is -2.13. The number of nitrogens with zero attached hydrogens (tertiary/aromatic N) is 1. The van der Waals surface area contributed by atoms with Crippen LogP contribution in [0.25, 0.3) is 0 Å². The zero-order chi connectivity index (χ0) is 23.2. The number of carbonyl (C=O) groups is 2. The third-order valence-electron chi connectivity index (χ3n) is 7.48. The summed E-state index contributed by atoms with van der Waals surface area (Å²) in [5, 5.41) is 16.2. The highest BCUT2D eigenvalue weighted by atomic mass is 19.3. The van der Waals surface area contributed by atoms with Crippen LogP contribution in [0.4, 0.5) is 8.78 Å². The summed E-state index contributed by atoms with van der Waals surface area (Å²) in [7, 11) is 0. The Bertz CT molecular complexity index is 919. The molecule has 1 aromatic carbocycles. The second-order valence-corrected chi connectivity index (χ2v) is 9.96. The fourth-order valence-electron chi connectivity index (χ4n) is 5.65. The summed E-state index contributed by atoms with van der Waals surface area (Å²) in [6.45, 7) is 0.958. The first-order valence-corrected chi connectivity index (χ1v) is 12.0. The monoisotopic (exact) mass is 463 g/mol. The van der Waals surface area contributed by atoms with Gasteiger partial charge in [0.05, 0.1) is 6.04 Å². The minimum absolute atomic E-state index is 0.0273. The predicted molar refractivity (Wildman–Crippen MR) is 116 cm³/mol. The molecular weight excluding hydrogens is 432 g/mol. The van der Waals surface area contributed by atoms with Gasteiger partial charge in [-0.05, 0) is 61.9 Å². The van der Waals surface area contributed by atoms with Crippen LogP contribution < -0.4 is 15.4 Å². The molecule has 2 saturated carbocycles. The van der Waals surface area contributed by atoms with E-state index in [0.29, 0.717) is 30.8 Å². The minimum atomic E-state index is -2.50. The Morgan fingerprint density at radius 2 is 1.97 bits per heavy atom.